The molecular weight excluding hydrogens is 281 g/mol. The normalized spacial score (nSPS) is 16.8. The molecular formula is C15H17F3N2O. The van der Waals surface area contributed by atoms with Gasteiger partial charge in [0.05, 0.1) is 5.56 Å². The van der Waals surface area contributed by atoms with Crippen LogP contribution in [0.3, 0.4) is 0 Å². The van der Waals surface area contributed by atoms with Crippen molar-refractivity contribution in [1.82, 2.24) is 9.80 Å². The molecule has 0 N–H and O–H groups in total. The van der Waals surface area contributed by atoms with Crippen LogP contribution in [0.1, 0.15) is 15.9 Å². The molecule has 1 aromatic rings. The molecule has 0 aliphatic carbocycles. The molecule has 1 aliphatic heterocycles. The zero-order valence-electron chi connectivity index (χ0n) is 11.6. The number of amides is 1. The van der Waals surface area contributed by atoms with E-state index < -0.39 is 11.7 Å². The Bertz CT molecular complexity index is 520. The lowest BCUT2D eigenvalue weighted by atomic mass is 10.1. The van der Waals surface area contributed by atoms with E-state index in [0.717, 1.165) is 18.7 Å². The van der Waals surface area contributed by atoms with Crippen molar-refractivity contribution in [2.75, 3.05) is 32.7 Å². The van der Waals surface area contributed by atoms with Crippen LogP contribution in [0.2, 0.25) is 0 Å². The summed E-state index contributed by atoms with van der Waals surface area (Å²) in [6.45, 7) is 6.86. The molecule has 0 atom stereocenters. The average molecular weight is 298 g/mol. The lowest BCUT2D eigenvalue weighted by Crippen LogP contribution is -2.48. The summed E-state index contributed by atoms with van der Waals surface area (Å²) in [6.07, 6.45) is -2.64. The number of rotatable bonds is 3. The molecule has 3 nitrogen and oxygen atoms in total. The highest BCUT2D eigenvalue weighted by atomic mass is 19.4. The Morgan fingerprint density at radius 2 is 1.90 bits per heavy atom. The molecule has 0 unspecified atom stereocenters. The Hall–Kier alpha value is -1.82. The van der Waals surface area contributed by atoms with Crippen LogP contribution in [0.5, 0.6) is 0 Å². The Morgan fingerprint density at radius 3 is 2.48 bits per heavy atom. The Kier molecular flexibility index (Phi) is 4.67. The topological polar surface area (TPSA) is 23.6 Å². The fourth-order valence-corrected chi connectivity index (χ4v) is 2.33. The number of hydrogen-bond donors (Lipinski definition) is 0. The summed E-state index contributed by atoms with van der Waals surface area (Å²) in [6, 6.07) is 4.58. The van der Waals surface area contributed by atoms with Crippen LogP contribution in [0.4, 0.5) is 13.2 Å². The minimum atomic E-state index is -4.43. The fraction of sp³-hybridized carbons (Fsp3) is 0.400. The number of halogens is 3. The van der Waals surface area contributed by atoms with Gasteiger partial charge in [0, 0.05) is 38.3 Å². The smallest absolute Gasteiger partial charge is 0.336 e. The summed E-state index contributed by atoms with van der Waals surface area (Å²) in [4.78, 5) is 16.0. The van der Waals surface area contributed by atoms with E-state index in [-0.39, 0.29) is 11.5 Å². The second kappa shape index (κ2) is 6.30. The van der Waals surface area contributed by atoms with E-state index in [1.807, 2.05) is 0 Å². The maximum atomic E-state index is 12.7. The summed E-state index contributed by atoms with van der Waals surface area (Å²) in [7, 11) is 0. The third-order valence-electron chi connectivity index (χ3n) is 3.48. The van der Waals surface area contributed by atoms with Crippen LogP contribution >= 0.6 is 0 Å². The van der Waals surface area contributed by atoms with Crippen LogP contribution in [0.15, 0.2) is 36.9 Å². The first-order chi connectivity index (χ1) is 9.91. The highest BCUT2D eigenvalue weighted by Gasteiger charge is 2.31. The zero-order valence-corrected chi connectivity index (χ0v) is 11.6. The molecule has 2 rings (SSSR count). The maximum Gasteiger partial charge on any atom is 0.416 e. The van der Waals surface area contributed by atoms with Crippen LogP contribution in [-0.4, -0.2) is 48.4 Å². The molecule has 1 aliphatic rings. The van der Waals surface area contributed by atoms with Crippen molar-refractivity contribution in [3.63, 3.8) is 0 Å². The number of carbonyl (C=O) groups is 1. The molecule has 1 aromatic carbocycles. The van der Waals surface area contributed by atoms with Gasteiger partial charge in [-0.1, -0.05) is 12.1 Å². The van der Waals surface area contributed by atoms with Crippen molar-refractivity contribution in [3.8, 4) is 0 Å². The largest absolute Gasteiger partial charge is 0.416 e. The molecule has 6 heteroatoms. The van der Waals surface area contributed by atoms with Crippen LogP contribution in [0.25, 0.3) is 0 Å². The molecule has 0 spiro atoms. The minimum absolute atomic E-state index is 0.0852. The van der Waals surface area contributed by atoms with E-state index >= 15 is 0 Å². The highest BCUT2D eigenvalue weighted by Crippen LogP contribution is 2.29. The molecule has 1 saturated heterocycles. The molecule has 0 saturated carbocycles. The highest BCUT2D eigenvalue weighted by molar-refractivity contribution is 5.94. The molecule has 21 heavy (non-hydrogen) atoms. The van der Waals surface area contributed by atoms with Crippen molar-refractivity contribution >= 4 is 5.91 Å². The molecule has 0 aromatic heterocycles. The monoisotopic (exact) mass is 298 g/mol. The quantitative estimate of drug-likeness (QED) is 0.801. The van der Waals surface area contributed by atoms with Crippen molar-refractivity contribution in [2.45, 2.75) is 6.18 Å². The second-order valence-electron chi connectivity index (χ2n) is 4.96. The average Bonchev–Trinajstić information content (AvgIpc) is 2.47. The molecule has 0 bridgehead atoms. The van der Waals surface area contributed by atoms with Crippen LogP contribution in [0, 0.1) is 0 Å². The zero-order chi connectivity index (χ0) is 15.5. The Morgan fingerprint density at radius 1 is 1.24 bits per heavy atom. The summed E-state index contributed by atoms with van der Waals surface area (Å²) in [5.41, 5.74) is -0.708. The van der Waals surface area contributed by atoms with Gasteiger partial charge in [-0.3, -0.25) is 9.69 Å². The van der Waals surface area contributed by atoms with Crippen LogP contribution < -0.4 is 0 Å². The van der Waals surface area contributed by atoms with E-state index in [1.54, 1.807) is 11.0 Å². The molecule has 1 heterocycles. The summed E-state index contributed by atoms with van der Waals surface area (Å²) in [5.74, 6) is -0.348. The summed E-state index contributed by atoms with van der Waals surface area (Å²) in [5, 5.41) is 0. The number of carbonyl (C=O) groups excluding carboxylic acids is 1. The second-order valence-corrected chi connectivity index (χ2v) is 4.96. The lowest BCUT2D eigenvalue weighted by molar-refractivity contribution is -0.137. The standard InChI is InChI=1S/C15H17F3N2O/c1-2-6-19-7-9-20(10-8-19)14(21)12-4-3-5-13(11-12)15(16,17)18/h2-5,11H,1,6-10H2. The number of hydrogen-bond acceptors (Lipinski definition) is 2. The van der Waals surface area contributed by atoms with Gasteiger partial charge < -0.3 is 4.90 Å². The Labute approximate surface area is 121 Å². The SMILES string of the molecule is C=CCN1CCN(C(=O)c2cccc(C(F)(F)F)c2)CC1. The van der Waals surface area contributed by atoms with Crippen LogP contribution in [-0.2, 0) is 6.18 Å². The lowest BCUT2D eigenvalue weighted by Gasteiger charge is -2.34. The number of nitrogens with zero attached hydrogens (tertiary/aromatic N) is 2. The van der Waals surface area contributed by atoms with Gasteiger partial charge >= 0.3 is 6.18 Å². The van der Waals surface area contributed by atoms with E-state index in [9.17, 15) is 18.0 Å². The van der Waals surface area contributed by atoms with Gasteiger partial charge in [0.15, 0.2) is 0 Å². The third-order valence-corrected chi connectivity index (χ3v) is 3.48. The van der Waals surface area contributed by atoms with E-state index in [0.29, 0.717) is 26.2 Å². The van der Waals surface area contributed by atoms with E-state index in [4.69, 9.17) is 0 Å². The van der Waals surface area contributed by atoms with Gasteiger partial charge in [0.2, 0.25) is 0 Å². The van der Waals surface area contributed by atoms with Crippen molar-refractivity contribution in [1.29, 1.82) is 0 Å². The fourth-order valence-electron chi connectivity index (χ4n) is 2.33. The maximum absolute atomic E-state index is 12.7. The summed E-state index contributed by atoms with van der Waals surface area (Å²) < 4.78 is 38.0. The predicted octanol–water partition coefficient (Wildman–Crippen LogP) is 2.65. The Balaban J connectivity index is 2.06. The van der Waals surface area contributed by atoms with Gasteiger partial charge in [-0.25, -0.2) is 0 Å². The number of piperazine rings is 1. The predicted molar refractivity (Wildman–Crippen MR) is 74.0 cm³/mol. The summed E-state index contributed by atoms with van der Waals surface area (Å²) >= 11 is 0. The third kappa shape index (κ3) is 3.85. The van der Waals surface area contributed by atoms with Crippen molar-refractivity contribution in [3.05, 3.63) is 48.0 Å². The molecule has 0 radical (unpaired) electrons. The van der Waals surface area contributed by atoms with E-state index in [1.165, 1.54) is 12.1 Å². The van der Waals surface area contributed by atoms with Crippen molar-refractivity contribution < 1.29 is 18.0 Å². The first-order valence-corrected chi connectivity index (χ1v) is 6.71. The van der Waals surface area contributed by atoms with Gasteiger partial charge in [-0.2, -0.15) is 13.2 Å². The molecule has 1 fully saturated rings. The number of alkyl halides is 3. The minimum Gasteiger partial charge on any atom is -0.336 e. The first kappa shape index (κ1) is 15.6. The van der Waals surface area contributed by atoms with Gasteiger partial charge in [-0.05, 0) is 18.2 Å². The first-order valence-electron chi connectivity index (χ1n) is 6.71. The van der Waals surface area contributed by atoms with E-state index in [2.05, 4.69) is 11.5 Å². The van der Waals surface area contributed by atoms with Gasteiger partial charge in [0.25, 0.3) is 5.91 Å². The van der Waals surface area contributed by atoms with Gasteiger partial charge in [0.1, 0.15) is 0 Å². The van der Waals surface area contributed by atoms with Crippen molar-refractivity contribution in [2.24, 2.45) is 0 Å². The number of benzene rings is 1. The molecule has 1 amide bonds. The van der Waals surface area contributed by atoms with Gasteiger partial charge in [-0.15, -0.1) is 6.58 Å². The molecule has 114 valence electrons.